The van der Waals surface area contributed by atoms with Crippen LogP contribution >= 0.6 is 23.2 Å². The fourth-order valence-electron chi connectivity index (χ4n) is 4.31. The van der Waals surface area contributed by atoms with Gasteiger partial charge >= 0.3 is 0 Å². The van der Waals surface area contributed by atoms with E-state index >= 15 is 0 Å². The standard InChI is InChI=1S/C29H30Cl2N4O2/c1-4-37-27-16-23-20(15-21(27)7-5-6-10-35-13-11-34(2)12-14-35)8-9-22(19-32)29(23)33-26-18-28(36-3)25(31)17-24(26)30/h8-9,15-18,33H,4,6,10-14H2,1-3H3. The van der Waals surface area contributed by atoms with Crippen molar-refractivity contribution in [2.75, 3.05) is 58.8 Å². The van der Waals surface area contributed by atoms with Crippen LogP contribution in [0.5, 0.6) is 11.5 Å². The summed E-state index contributed by atoms with van der Waals surface area (Å²) in [7, 11) is 3.70. The van der Waals surface area contributed by atoms with Crippen LogP contribution in [0.15, 0.2) is 36.4 Å². The van der Waals surface area contributed by atoms with E-state index in [0.29, 0.717) is 45.1 Å². The van der Waals surface area contributed by atoms with Gasteiger partial charge in [0, 0.05) is 50.6 Å². The first-order chi connectivity index (χ1) is 17.9. The van der Waals surface area contributed by atoms with Gasteiger partial charge in [-0.25, -0.2) is 0 Å². The lowest BCUT2D eigenvalue weighted by molar-refractivity contribution is 0.157. The molecule has 4 rings (SSSR count). The molecule has 37 heavy (non-hydrogen) atoms. The third kappa shape index (κ3) is 6.42. The highest BCUT2D eigenvalue weighted by Crippen LogP contribution is 2.39. The summed E-state index contributed by atoms with van der Waals surface area (Å²) < 4.78 is 11.3. The molecule has 0 atom stereocenters. The van der Waals surface area contributed by atoms with Crippen molar-refractivity contribution in [2.24, 2.45) is 0 Å². The van der Waals surface area contributed by atoms with Gasteiger partial charge in [0.05, 0.1) is 46.3 Å². The first-order valence-electron chi connectivity index (χ1n) is 12.3. The average molecular weight is 537 g/mol. The van der Waals surface area contributed by atoms with Gasteiger partial charge in [-0.2, -0.15) is 5.26 Å². The van der Waals surface area contributed by atoms with Crippen LogP contribution in [0, 0.1) is 23.2 Å². The Kier molecular flexibility index (Phi) is 9.03. The van der Waals surface area contributed by atoms with Crippen LogP contribution in [0.25, 0.3) is 10.8 Å². The van der Waals surface area contributed by atoms with Crippen LogP contribution in [0.2, 0.25) is 10.0 Å². The van der Waals surface area contributed by atoms with Crippen molar-refractivity contribution < 1.29 is 9.47 Å². The Labute approximate surface area is 228 Å². The summed E-state index contributed by atoms with van der Waals surface area (Å²) in [4.78, 5) is 4.81. The Morgan fingerprint density at radius 2 is 1.78 bits per heavy atom. The number of likely N-dealkylation sites (N-methyl/N-ethyl adjacent to an activating group) is 1. The molecule has 1 N–H and O–H groups in total. The molecule has 0 aromatic heterocycles. The number of halogens is 2. The first-order valence-corrected chi connectivity index (χ1v) is 13.0. The maximum Gasteiger partial charge on any atom is 0.139 e. The van der Waals surface area contributed by atoms with Crippen molar-refractivity contribution in [1.82, 2.24) is 9.80 Å². The van der Waals surface area contributed by atoms with E-state index in [1.807, 2.05) is 25.1 Å². The van der Waals surface area contributed by atoms with Crippen LogP contribution in [-0.2, 0) is 0 Å². The van der Waals surface area contributed by atoms with E-state index in [9.17, 15) is 5.26 Å². The Bertz CT molecular complexity index is 1380. The SMILES string of the molecule is CCOc1cc2c(Nc3cc(OC)c(Cl)cc3Cl)c(C#N)ccc2cc1C#CCCN1CCN(C)CC1. The third-order valence-electron chi connectivity index (χ3n) is 6.41. The molecule has 0 radical (unpaired) electrons. The zero-order valence-corrected chi connectivity index (χ0v) is 22.8. The van der Waals surface area contributed by atoms with Gasteiger partial charge in [-0.3, -0.25) is 4.90 Å². The minimum absolute atomic E-state index is 0.408. The van der Waals surface area contributed by atoms with E-state index in [0.717, 1.165) is 55.5 Å². The predicted molar refractivity (Wildman–Crippen MR) is 152 cm³/mol. The van der Waals surface area contributed by atoms with Gasteiger partial charge in [0.2, 0.25) is 0 Å². The molecule has 6 nitrogen and oxygen atoms in total. The number of hydrogen-bond acceptors (Lipinski definition) is 6. The quantitative estimate of drug-likeness (QED) is 0.365. The predicted octanol–water partition coefficient (Wildman–Crippen LogP) is 6.16. The van der Waals surface area contributed by atoms with Crippen molar-refractivity contribution >= 4 is 45.3 Å². The van der Waals surface area contributed by atoms with E-state index in [1.165, 1.54) is 0 Å². The van der Waals surface area contributed by atoms with Gasteiger partial charge in [-0.05, 0) is 43.6 Å². The number of anilines is 2. The van der Waals surface area contributed by atoms with Gasteiger partial charge in [0.25, 0.3) is 0 Å². The largest absolute Gasteiger partial charge is 0.495 e. The summed E-state index contributed by atoms with van der Waals surface area (Å²) in [6.07, 6.45) is 0.796. The second-order valence-corrected chi connectivity index (χ2v) is 9.71. The summed E-state index contributed by atoms with van der Waals surface area (Å²) in [6.45, 7) is 7.77. The van der Waals surface area contributed by atoms with Crippen molar-refractivity contribution in [2.45, 2.75) is 13.3 Å². The van der Waals surface area contributed by atoms with Crippen molar-refractivity contribution in [3.05, 3.63) is 57.6 Å². The molecule has 0 spiro atoms. The number of fused-ring (bicyclic) bond motifs is 1. The number of piperazine rings is 1. The molecular formula is C29H30Cl2N4O2. The zero-order valence-electron chi connectivity index (χ0n) is 21.3. The maximum absolute atomic E-state index is 9.83. The number of nitriles is 1. The first kappa shape index (κ1) is 26.9. The highest BCUT2D eigenvalue weighted by atomic mass is 35.5. The van der Waals surface area contributed by atoms with Crippen LogP contribution < -0.4 is 14.8 Å². The Morgan fingerprint density at radius 1 is 1.00 bits per heavy atom. The molecule has 0 unspecified atom stereocenters. The summed E-state index contributed by atoms with van der Waals surface area (Å²) in [5.74, 6) is 7.81. The van der Waals surface area contributed by atoms with Gasteiger partial charge in [0.15, 0.2) is 0 Å². The number of hydrogen-bond donors (Lipinski definition) is 1. The number of rotatable bonds is 7. The molecule has 1 heterocycles. The molecule has 0 amide bonds. The average Bonchev–Trinajstić information content (AvgIpc) is 2.89. The van der Waals surface area contributed by atoms with Crippen LogP contribution in [0.3, 0.4) is 0 Å². The zero-order chi connectivity index (χ0) is 26.4. The van der Waals surface area contributed by atoms with Crippen LogP contribution in [0.1, 0.15) is 24.5 Å². The van der Waals surface area contributed by atoms with E-state index in [2.05, 4.69) is 40.1 Å². The Hall–Kier alpha value is -3.13. The fraction of sp³-hybridized carbons (Fsp3) is 0.345. The molecule has 3 aromatic rings. The minimum Gasteiger partial charge on any atom is -0.495 e. The summed E-state index contributed by atoms with van der Waals surface area (Å²) >= 11 is 12.7. The normalized spacial score (nSPS) is 14.1. The molecule has 3 aromatic carbocycles. The van der Waals surface area contributed by atoms with Crippen LogP contribution in [-0.4, -0.2) is 63.3 Å². The molecule has 1 aliphatic rings. The molecular weight excluding hydrogens is 507 g/mol. The molecule has 1 fully saturated rings. The maximum atomic E-state index is 9.83. The molecule has 1 saturated heterocycles. The van der Waals surface area contributed by atoms with E-state index in [-0.39, 0.29) is 0 Å². The molecule has 192 valence electrons. The van der Waals surface area contributed by atoms with Gasteiger partial charge in [-0.1, -0.05) is 41.1 Å². The lowest BCUT2D eigenvalue weighted by atomic mass is 10.0. The summed E-state index contributed by atoms with van der Waals surface area (Å²) in [5.41, 5.74) is 2.51. The molecule has 8 heteroatoms. The van der Waals surface area contributed by atoms with E-state index in [1.54, 1.807) is 25.3 Å². The van der Waals surface area contributed by atoms with Gasteiger partial charge < -0.3 is 19.7 Å². The highest BCUT2D eigenvalue weighted by molar-refractivity contribution is 6.37. The number of nitrogens with one attached hydrogen (secondary N) is 1. The summed E-state index contributed by atoms with van der Waals surface area (Å²) in [5, 5.41) is 15.7. The molecule has 0 bridgehead atoms. The van der Waals surface area contributed by atoms with Crippen molar-refractivity contribution in [3.63, 3.8) is 0 Å². The second kappa shape index (κ2) is 12.4. The van der Waals surface area contributed by atoms with Gasteiger partial charge in [-0.15, -0.1) is 0 Å². The Morgan fingerprint density at radius 3 is 2.49 bits per heavy atom. The lowest BCUT2D eigenvalue weighted by Gasteiger charge is -2.31. The minimum atomic E-state index is 0.408. The fourth-order valence-corrected chi connectivity index (χ4v) is 4.82. The van der Waals surface area contributed by atoms with Crippen LogP contribution in [0.4, 0.5) is 11.4 Å². The summed E-state index contributed by atoms with van der Waals surface area (Å²) in [6, 6.07) is 13.3. The lowest BCUT2D eigenvalue weighted by Crippen LogP contribution is -2.44. The molecule has 0 aliphatic carbocycles. The van der Waals surface area contributed by atoms with E-state index in [4.69, 9.17) is 32.7 Å². The Balaban J connectivity index is 1.67. The van der Waals surface area contributed by atoms with Crippen molar-refractivity contribution in [1.29, 1.82) is 5.26 Å². The van der Waals surface area contributed by atoms with E-state index < -0.39 is 0 Å². The second-order valence-electron chi connectivity index (χ2n) is 8.89. The third-order valence-corrected chi connectivity index (χ3v) is 7.02. The number of methoxy groups -OCH3 is 1. The smallest absolute Gasteiger partial charge is 0.139 e. The van der Waals surface area contributed by atoms with Gasteiger partial charge in [0.1, 0.15) is 17.6 Å². The topological polar surface area (TPSA) is 60.8 Å². The monoisotopic (exact) mass is 536 g/mol. The number of ether oxygens (including phenoxy) is 2. The molecule has 0 saturated carbocycles. The number of nitrogens with zero attached hydrogens (tertiary/aromatic N) is 3. The highest BCUT2D eigenvalue weighted by Gasteiger charge is 2.16. The number of benzene rings is 3. The van der Waals surface area contributed by atoms with Crippen molar-refractivity contribution in [3.8, 4) is 29.4 Å². The molecule has 1 aliphatic heterocycles.